The van der Waals surface area contributed by atoms with E-state index >= 15 is 0 Å². The molecule has 136 valence electrons. The molecule has 0 aromatic heterocycles. The van der Waals surface area contributed by atoms with Crippen LogP contribution in [0.25, 0.3) is 6.08 Å². The Morgan fingerprint density at radius 1 is 1.40 bits per heavy atom. The molecule has 6 heteroatoms. The number of hydrogen-bond donors (Lipinski definition) is 1. The Morgan fingerprint density at radius 2 is 2.12 bits per heavy atom. The number of nitro groups is 1. The Balaban J connectivity index is 1.54. The Bertz CT molecular complexity index is 636. The number of nitro benzene ring substituents is 1. The lowest BCUT2D eigenvalue weighted by molar-refractivity contribution is -0.385. The number of benzene rings is 1. The van der Waals surface area contributed by atoms with Gasteiger partial charge in [-0.3, -0.25) is 15.0 Å². The van der Waals surface area contributed by atoms with Gasteiger partial charge in [0, 0.05) is 31.1 Å². The fraction of sp³-hybridized carbons (Fsp3) is 0.579. The van der Waals surface area contributed by atoms with Gasteiger partial charge in [0.05, 0.1) is 22.7 Å². The van der Waals surface area contributed by atoms with Crippen LogP contribution in [-0.4, -0.2) is 53.4 Å². The van der Waals surface area contributed by atoms with Gasteiger partial charge in [-0.25, -0.2) is 0 Å². The Hall–Kier alpha value is -1.76. The molecule has 1 aromatic carbocycles. The van der Waals surface area contributed by atoms with E-state index in [0.29, 0.717) is 12.2 Å². The van der Waals surface area contributed by atoms with Gasteiger partial charge in [0.15, 0.2) is 0 Å². The third kappa shape index (κ3) is 3.61. The van der Waals surface area contributed by atoms with Crippen LogP contribution in [0.2, 0.25) is 0 Å². The molecule has 25 heavy (non-hydrogen) atoms. The molecule has 1 aliphatic carbocycles. The van der Waals surface area contributed by atoms with Crippen LogP contribution in [0.15, 0.2) is 30.3 Å². The first kappa shape index (κ1) is 18.0. The molecule has 2 atom stereocenters. The molecule has 1 aliphatic heterocycles. The van der Waals surface area contributed by atoms with Gasteiger partial charge < -0.3 is 9.84 Å². The first-order valence-electron chi connectivity index (χ1n) is 8.99. The quantitative estimate of drug-likeness (QED) is 0.633. The molecule has 2 unspecified atom stereocenters. The highest BCUT2D eigenvalue weighted by molar-refractivity contribution is 5.60. The van der Waals surface area contributed by atoms with Gasteiger partial charge in [0.1, 0.15) is 0 Å². The molecule has 1 heterocycles. The number of aliphatic hydroxyl groups is 1. The summed E-state index contributed by atoms with van der Waals surface area (Å²) in [7, 11) is 0. The van der Waals surface area contributed by atoms with Crippen LogP contribution in [0.3, 0.4) is 0 Å². The predicted octanol–water partition coefficient (Wildman–Crippen LogP) is 2.86. The third-order valence-electron chi connectivity index (χ3n) is 5.69. The number of rotatable bonds is 6. The van der Waals surface area contributed by atoms with E-state index in [9.17, 15) is 15.2 Å². The summed E-state index contributed by atoms with van der Waals surface area (Å²) >= 11 is 0. The second-order valence-corrected chi connectivity index (χ2v) is 6.95. The molecule has 3 rings (SSSR count). The molecule has 1 aromatic rings. The number of ether oxygens (including phenoxy) is 1. The van der Waals surface area contributed by atoms with E-state index in [1.807, 2.05) is 25.1 Å². The molecular formula is C19H26N2O4. The molecule has 0 bridgehead atoms. The Kier molecular flexibility index (Phi) is 5.51. The van der Waals surface area contributed by atoms with Crippen molar-refractivity contribution in [2.45, 2.75) is 38.4 Å². The van der Waals surface area contributed by atoms with Crippen molar-refractivity contribution in [1.82, 2.24) is 4.90 Å². The van der Waals surface area contributed by atoms with Crippen LogP contribution in [0, 0.1) is 15.5 Å². The average Bonchev–Trinajstić information content (AvgIpc) is 2.62. The van der Waals surface area contributed by atoms with Gasteiger partial charge in [-0.05, 0) is 38.9 Å². The highest BCUT2D eigenvalue weighted by Crippen LogP contribution is 2.50. The largest absolute Gasteiger partial charge is 0.392 e. The second kappa shape index (κ2) is 7.64. The average molecular weight is 346 g/mol. The first-order valence-corrected chi connectivity index (χ1v) is 8.99. The molecule has 1 spiro atoms. The molecule has 6 nitrogen and oxygen atoms in total. The lowest BCUT2D eigenvalue weighted by Crippen LogP contribution is -2.62. The summed E-state index contributed by atoms with van der Waals surface area (Å²) in [4.78, 5) is 13.0. The van der Waals surface area contributed by atoms with Crippen LogP contribution in [0.5, 0.6) is 0 Å². The SMILES string of the molecule is CCOC1CC(O)C12CCN(C/C=C/c1ccccc1[N+](=O)[O-])CC2. The molecule has 1 saturated heterocycles. The van der Waals surface area contributed by atoms with Gasteiger partial charge in [-0.2, -0.15) is 0 Å². The Labute approximate surface area is 148 Å². The van der Waals surface area contributed by atoms with Crippen LogP contribution in [0.4, 0.5) is 5.69 Å². The summed E-state index contributed by atoms with van der Waals surface area (Å²) in [6.07, 6.45) is 6.40. The topological polar surface area (TPSA) is 75.8 Å². The second-order valence-electron chi connectivity index (χ2n) is 6.95. The molecule has 1 N–H and O–H groups in total. The molecule has 2 fully saturated rings. The number of piperidine rings is 1. The van der Waals surface area contributed by atoms with Crippen LogP contribution in [0.1, 0.15) is 31.7 Å². The number of nitrogens with zero attached hydrogens (tertiary/aromatic N) is 2. The minimum absolute atomic E-state index is 0.0611. The van der Waals surface area contributed by atoms with E-state index in [4.69, 9.17) is 4.74 Å². The summed E-state index contributed by atoms with van der Waals surface area (Å²) < 4.78 is 5.79. The summed E-state index contributed by atoms with van der Waals surface area (Å²) in [6, 6.07) is 6.77. The third-order valence-corrected chi connectivity index (χ3v) is 5.69. The maximum absolute atomic E-state index is 11.0. The summed E-state index contributed by atoms with van der Waals surface area (Å²) in [5.74, 6) is 0. The van der Waals surface area contributed by atoms with Gasteiger partial charge in [-0.1, -0.05) is 24.3 Å². The zero-order valence-corrected chi connectivity index (χ0v) is 14.6. The van der Waals surface area contributed by atoms with Crippen molar-refractivity contribution in [2.24, 2.45) is 5.41 Å². The molecule has 1 saturated carbocycles. The van der Waals surface area contributed by atoms with Gasteiger partial charge in [-0.15, -0.1) is 0 Å². The van der Waals surface area contributed by atoms with E-state index < -0.39 is 0 Å². The van der Waals surface area contributed by atoms with E-state index in [1.54, 1.807) is 12.1 Å². The van der Waals surface area contributed by atoms with Crippen molar-refractivity contribution in [2.75, 3.05) is 26.2 Å². The summed E-state index contributed by atoms with van der Waals surface area (Å²) in [6.45, 7) is 5.30. The van der Waals surface area contributed by atoms with Crippen molar-refractivity contribution in [1.29, 1.82) is 0 Å². The minimum Gasteiger partial charge on any atom is -0.392 e. The van der Waals surface area contributed by atoms with E-state index in [-0.39, 0.29) is 28.2 Å². The van der Waals surface area contributed by atoms with Gasteiger partial charge in [0.2, 0.25) is 0 Å². The predicted molar refractivity (Wildman–Crippen MR) is 96.3 cm³/mol. The van der Waals surface area contributed by atoms with Crippen molar-refractivity contribution in [3.8, 4) is 0 Å². The van der Waals surface area contributed by atoms with E-state index in [1.165, 1.54) is 6.07 Å². The lowest BCUT2D eigenvalue weighted by Gasteiger charge is -2.56. The monoisotopic (exact) mass is 346 g/mol. The highest BCUT2D eigenvalue weighted by Gasteiger charge is 2.55. The fourth-order valence-corrected chi connectivity index (χ4v) is 4.09. The Morgan fingerprint density at radius 3 is 2.76 bits per heavy atom. The maximum Gasteiger partial charge on any atom is 0.276 e. The van der Waals surface area contributed by atoms with Gasteiger partial charge in [0.25, 0.3) is 5.69 Å². The standard InChI is InChI=1S/C19H26N2O4/c1-2-25-18-14-17(22)19(18)9-12-20(13-10-19)11-5-7-15-6-3-4-8-16(15)21(23)24/h3-8,17-18,22H,2,9-14H2,1H3/b7-5+. The number of likely N-dealkylation sites (tertiary alicyclic amines) is 1. The minimum atomic E-state index is -0.351. The van der Waals surface area contributed by atoms with Crippen molar-refractivity contribution in [3.63, 3.8) is 0 Å². The molecule has 2 aliphatic rings. The van der Waals surface area contributed by atoms with Crippen LogP contribution < -0.4 is 0 Å². The van der Waals surface area contributed by atoms with Crippen molar-refractivity contribution >= 4 is 11.8 Å². The number of aliphatic hydroxyl groups excluding tert-OH is 1. The smallest absolute Gasteiger partial charge is 0.276 e. The normalized spacial score (nSPS) is 26.0. The summed E-state index contributed by atoms with van der Waals surface area (Å²) in [5, 5.41) is 21.3. The van der Waals surface area contributed by atoms with Gasteiger partial charge >= 0.3 is 0 Å². The maximum atomic E-state index is 11.0. The zero-order chi connectivity index (χ0) is 17.9. The first-order chi connectivity index (χ1) is 12.1. The van der Waals surface area contributed by atoms with Crippen LogP contribution >= 0.6 is 0 Å². The van der Waals surface area contributed by atoms with Crippen LogP contribution in [-0.2, 0) is 4.74 Å². The number of para-hydroxylation sites is 1. The van der Waals surface area contributed by atoms with E-state index in [0.717, 1.165) is 38.9 Å². The molecular weight excluding hydrogens is 320 g/mol. The van der Waals surface area contributed by atoms with Crippen molar-refractivity contribution < 1.29 is 14.8 Å². The van der Waals surface area contributed by atoms with Crippen molar-refractivity contribution in [3.05, 3.63) is 46.0 Å². The lowest BCUT2D eigenvalue weighted by atomic mass is 9.58. The summed E-state index contributed by atoms with van der Waals surface area (Å²) in [5.41, 5.74) is 0.703. The van der Waals surface area contributed by atoms with E-state index in [2.05, 4.69) is 4.90 Å². The molecule has 0 radical (unpaired) electrons. The molecule has 0 amide bonds. The fourth-order valence-electron chi connectivity index (χ4n) is 4.09. The zero-order valence-electron chi connectivity index (χ0n) is 14.6. The number of hydrogen-bond acceptors (Lipinski definition) is 5. The highest BCUT2D eigenvalue weighted by atomic mass is 16.6.